The Bertz CT molecular complexity index is 308. The molecule has 2 fully saturated rings. The Hall–Kier alpha value is -0.320. The summed E-state index contributed by atoms with van der Waals surface area (Å²) in [6.45, 7) is 4.77. The zero-order valence-electron chi connectivity index (χ0n) is 12.7. The minimum Gasteiger partial charge on any atom is -0.385 e. The molecule has 0 bridgehead atoms. The van der Waals surface area contributed by atoms with Gasteiger partial charge >= 0.3 is 0 Å². The second-order valence-electron chi connectivity index (χ2n) is 6.39. The van der Waals surface area contributed by atoms with Crippen LogP contribution in [0.5, 0.6) is 0 Å². The predicted octanol–water partition coefficient (Wildman–Crippen LogP) is 2.12. The second kappa shape index (κ2) is 8.20. The van der Waals surface area contributed by atoms with Crippen LogP contribution >= 0.6 is 12.4 Å². The predicted molar refractivity (Wildman–Crippen MR) is 83.2 cm³/mol. The molecule has 4 nitrogen and oxygen atoms in total. The van der Waals surface area contributed by atoms with Crippen LogP contribution in [0.25, 0.3) is 0 Å². The Kier molecular flexibility index (Phi) is 7.27. The molecule has 1 aliphatic heterocycles. The van der Waals surface area contributed by atoms with Gasteiger partial charge in [0.15, 0.2) is 0 Å². The number of hydrogen-bond donors (Lipinski definition) is 2. The number of halogens is 1. The van der Waals surface area contributed by atoms with Gasteiger partial charge < -0.3 is 15.4 Å². The van der Waals surface area contributed by atoms with E-state index in [2.05, 4.69) is 17.6 Å². The SMILES string of the molecule is COCCC1(CNC(=O)[C@H]2CCN[C@@H](C)C2)CCC1.Cl. The first-order chi connectivity index (χ1) is 9.15. The van der Waals surface area contributed by atoms with Crippen LogP contribution in [-0.4, -0.2) is 38.8 Å². The molecule has 0 aromatic heterocycles. The quantitative estimate of drug-likeness (QED) is 0.790. The maximum atomic E-state index is 12.2. The van der Waals surface area contributed by atoms with Gasteiger partial charge in [-0.05, 0) is 51.0 Å². The lowest BCUT2D eigenvalue weighted by molar-refractivity contribution is -0.127. The van der Waals surface area contributed by atoms with Crippen molar-refractivity contribution in [1.82, 2.24) is 10.6 Å². The zero-order chi connectivity index (χ0) is 13.7. The highest BCUT2D eigenvalue weighted by Crippen LogP contribution is 2.43. The molecule has 1 saturated carbocycles. The van der Waals surface area contributed by atoms with E-state index < -0.39 is 0 Å². The van der Waals surface area contributed by atoms with Crippen molar-refractivity contribution >= 4 is 18.3 Å². The van der Waals surface area contributed by atoms with Crippen LogP contribution in [0.15, 0.2) is 0 Å². The molecule has 0 spiro atoms. The number of rotatable bonds is 6. The summed E-state index contributed by atoms with van der Waals surface area (Å²) in [6, 6.07) is 0.468. The standard InChI is InChI=1S/C15H28N2O2.ClH/c1-12-10-13(4-8-16-12)14(18)17-11-15(5-3-6-15)7-9-19-2;/h12-13,16H,3-11H2,1-2H3,(H,17,18);1H/t12-,13-;/m0./s1. The summed E-state index contributed by atoms with van der Waals surface area (Å²) in [7, 11) is 1.75. The van der Waals surface area contributed by atoms with Gasteiger partial charge in [-0.2, -0.15) is 0 Å². The summed E-state index contributed by atoms with van der Waals surface area (Å²) in [5, 5.41) is 6.60. The smallest absolute Gasteiger partial charge is 0.223 e. The lowest BCUT2D eigenvalue weighted by atomic mass is 9.66. The molecule has 0 aromatic rings. The van der Waals surface area contributed by atoms with Crippen molar-refractivity contribution in [3.63, 3.8) is 0 Å². The third-order valence-corrected chi connectivity index (χ3v) is 4.88. The van der Waals surface area contributed by atoms with E-state index in [9.17, 15) is 4.79 Å². The molecule has 118 valence electrons. The number of piperidine rings is 1. The molecule has 0 aromatic carbocycles. The molecule has 5 heteroatoms. The number of amides is 1. The number of nitrogens with one attached hydrogen (secondary N) is 2. The zero-order valence-corrected chi connectivity index (χ0v) is 13.6. The number of hydrogen-bond acceptors (Lipinski definition) is 3. The summed E-state index contributed by atoms with van der Waals surface area (Å²) in [5.41, 5.74) is 0.324. The Morgan fingerprint density at radius 1 is 1.45 bits per heavy atom. The van der Waals surface area contributed by atoms with Crippen LogP contribution in [0.1, 0.15) is 45.4 Å². The molecule has 2 aliphatic rings. The van der Waals surface area contributed by atoms with E-state index in [1.54, 1.807) is 7.11 Å². The van der Waals surface area contributed by atoms with Crippen LogP contribution < -0.4 is 10.6 Å². The van der Waals surface area contributed by atoms with E-state index >= 15 is 0 Å². The number of methoxy groups -OCH3 is 1. The number of carbonyl (C=O) groups is 1. The third kappa shape index (κ3) is 4.61. The van der Waals surface area contributed by atoms with Crippen molar-refractivity contribution in [1.29, 1.82) is 0 Å². The highest BCUT2D eigenvalue weighted by atomic mass is 35.5. The summed E-state index contributed by atoms with van der Waals surface area (Å²) in [4.78, 5) is 12.2. The van der Waals surface area contributed by atoms with E-state index in [0.29, 0.717) is 11.5 Å². The molecule has 2 atom stereocenters. The highest BCUT2D eigenvalue weighted by molar-refractivity contribution is 5.85. The summed E-state index contributed by atoms with van der Waals surface area (Å²) in [5.74, 6) is 0.466. The second-order valence-corrected chi connectivity index (χ2v) is 6.39. The van der Waals surface area contributed by atoms with Crippen LogP contribution in [-0.2, 0) is 9.53 Å². The van der Waals surface area contributed by atoms with Gasteiger partial charge in [-0.3, -0.25) is 4.79 Å². The summed E-state index contributed by atoms with van der Waals surface area (Å²) in [6.07, 6.45) is 6.78. The molecule has 0 radical (unpaired) electrons. The van der Waals surface area contributed by atoms with Crippen molar-refractivity contribution in [2.24, 2.45) is 11.3 Å². The van der Waals surface area contributed by atoms with Crippen LogP contribution in [0.4, 0.5) is 0 Å². The van der Waals surface area contributed by atoms with Crippen molar-refractivity contribution in [2.75, 3.05) is 26.8 Å². The average molecular weight is 305 g/mol. The Morgan fingerprint density at radius 2 is 2.20 bits per heavy atom. The molecule has 2 rings (SSSR count). The minimum atomic E-state index is 0. The van der Waals surface area contributed by atoms with Crippen molar-refractivity contribution < 1.29 is 9.53 Å². The fraction of sp³-hybridized carbons (Fsp3) is 0.933. The highest BCUT2D eigenvalue weighted by Gasteiger charge is 2.37. The van der Waals surface area contributed by atoms with Gasteiger partial charge in [-0.1, -0.05) is 6.42 Å². The molecule has 2 N–H and O–H groups in total. The Balaban J connectivity index is 0.00000200. The molecule has 1 amide bonds. The summed E-state index contributed by atoms with van der Waals surface area (Å²) < 4.78 is 5.19. The fourth-order valence-electron chi connectivity index (χ4n) is 3.30. The average Bonchev–Trinajstić information content (AvgIpc) is 2.37. The molecular weight excluding hydrogens is 276 g/mol. The van der Waals surface area contributed by atoms with Gasteiger partial charge in [0.25, 0.3) is 0 Å². The van der Waals surface area contributed by atoms with Crippen LogP contribution in [0, 0.1) is 11.3 Å². The third-order valence-electron chi connectivity index (χ3n) is 4.88. The van der Waals surface area contributed by atoms with E-state index in [1.807, 2.05) is 0 Å². The van der Waals surface area contributed by atoms with E-state index in [1.165, 1.54) is 19.3 Å². The lowest BCUT2D eigenvalue weighted by Gasteiger charge is -2.42. The Morgan fingerprint density at radius 3 is 2.75 bits per heavy atom. The van der Waals surface area contributed by atoms with Crippen molar-refractivity contribution in [2.45, 2.75) is 51.5 Å². The van der Waals surface area contributed by atoms with Crippen molar-refractivity contribution in [3.8, 4) is 0 Å². The van der Waals surface area contributed by atoms with Gasteiger partial charge in [-0.25, -0.2) is 0 Å². The van der Waals surface area contributed by atoms with Gasteiger partial charge in [0.1, 0.15) is 0 Å². The Labute approximate surface area is 128 Å². The molecule has 1 saturated heterocycles. The van der Waals surface area contributed by atoms with Gasteiger partial charge in [0.05, 0.1) is 0 Å². The first-order valence-corrected chi connectivity index (χ1v) is 7.65. The molecule has 0 unspecified atom stereocenters. The fourth-order valence-corrected chi connectivity index (χ4v) is 3.30. The first-order valence-electron chi connectivity index (χ1n) is 7.65. The molecule has 20 heavy (non-hydrogen) atoms. The van der Waals surface area contributed by atoms with Crippen LogP contribution in [0.2, 0.25) is 0 Å². The topological polar surface area (TPSA) is 50.4 Å². The van der Waals surface area contributed by atoms with E-state index in [-0.39, 0.29) is 24.2 Å². The van der Waals surface area contributed by atoms with Gasteiger partial charge in [0, 0.05) is 32.2 Å². The van der Waals surface area contributed by atoms with E-state index in [4.69, 9.17) is 4.74 Å². The summed E-state index contributed by atoms with van der Waals surface area (Å²) >= 11 is 0. The molecule has 1 aliphatic carbocycles. The largest absolute Gasteiger partial charge is 0.385 e. The van der Waals surface area contributed by atoms with Crippen LogP contribution in [0.3, 0.4) is 0 Å². The van der Waals surface area contributed by atoms with Gasteiger partial charge in [-0.15, -0.1) is 12.4 Å². The molecular formula is C15H29ClN2O2. The normalized spacial score (nSPS) is 28.1. The maximum Gasteiger partial charge on any atom is 0.223 e. The monoisotopic (exact) mass is 304 g/mol. The van der Waals surface area contributed by atoms with Crippen molar-refractivity contribution in [3.05, 3.63) is 0 Å². The lowest BCUT2D eigenvalue weighted by Crippen LogP contribution is -2.47. The molecule has 1 heterocycles. The maximum absolute atomic E-state index is 12.2. The minimum absolute atomic E-state index is 0. The van der Waals surface area contributed by atoms with E-state index in [0.717, 1.165) is 39.0 Å². The van der Waals surface area contributed by atoms with Gasteiger partial charge in [0.2, 0.25) is 5.91 Å². The first kappa shape index (κ1) is 17.7. The number of ether oxygens (including phenoxy) is 1. The number of carbonyl (C=O) groups excluding carboxylic acids is 1.